The summed E-state index contributed by atoms with van der Waals surface area (Å²) >= 11 is 0. The highest BCUT2D eigenvalue weighted by molar-refractivity contribution is 7.61. The van der Waals surface area contributed by atoms with Crippen LogP contribution >= 0.6 is 7.60 Å². The Bertz CT molecular complexity index is 598. The van der Waals surface area contributed by atoms with Gasteiger partial charge in [-0.2, -0.15) is 0 Å². The quantitative estimate of drug-likeness (QED) is 0.830. The molecule has 0 aliphatic rings. The van der Waals surface area contributed by atoms with Gasteiger partial charge in [0.25, 0.3) is 0 Å². The summed E-state index contributed by atoms with van der Waals surface area (Å²) in [7, 11) is -3.71. The maximum Gasteiger partial charge on any atom is 0.358 e. The molecule has 5 heteroatoms. The molecule has 0 spiro atoms. The zero-order valence-electron chi connectivity index (χ0n) is 11.3. The summed E-state index contributed by atoms with van der Waals surface area (Å²) in [6.45, 7) is 1.88. The molecule has 0 saturated heterocycles. The lowest BCUT2D eigenvalue weighted by atomic mass is 10.00. The summed E-state index contributed by atoms with van der Waals surface area (Å²) in [6, 6.07) is 16.2. The number of benzene rings is 2. The highest BCUT2D eigenvalue weighted by Crippen LogP contribution is 2.40. The molecule has 0 saturated carbocycles. The van der Waals surface area contributed by atoms with Gasteiger partial charge >= 0.3 is 7.60 Å². The first kappa shape index (κ1) is 14.9. The van der Waals surface area contributed by atoms with Crippen molar-refractivity contribution in [3.63, 3.8) is 0 Å². The summed E-state index contributed by atoms with van der Waals surface area (Å²) in [4.78, 5) is 9.73. The van der Waals surface area contributed by atoms with E-state index in [0.717, 1.165) is 11.1 Å². The Morgan fingerprint density at radius 1 is 1.10 bits per heavy atom. The molecular weight excluding hydrogens is 273 g/mol. The van der Waals surface area contributed by atoms with E-state index in [0.29, 0.717) is 0 Å². The number of hydrogen-bond acceptors (Lipinski definition) is 3. The highest BCUT2D eigenvalue weighted by Gasteiger charge is 2.22. The van der Waals surface area contributed by atoms with Crippen LogP contribution in [-0.4, -0.2) is 11.5 Å². The largest absolute Gasteiger partial charge is 0.358 e. The molecule has 0 amide bonds. The SMILES string of the molecule is CCOP(=O)(O)c1ccc(C(N)c2ccccc2)cc1. The van der Waals surface area contributed by atoms with E-state index < -0.39 is 7.60 Å². The molecule has 0 heterocycles. The van der Waals surface area contributed by atoms with Crippen molar-refractivity contribution in [1.29, 1.82) is 0 Å². The molecule has 4 nitrogen and oxygen atoms in total. The monoisotopic (exact) mass is 291 g/mol. The van der Waals surface area contributed by atoms with Crippen molar-refractivity contribution >= 4 is 12.9 Å². The molecular formula is C15H18NO3P. The van der Waals surface area contributed by atoms with E-state index in [1.54, 1.807) is 31.2 Å². The van der Waals surface area contributed by atoms with E-state index in [9.17, 15) is 9.46 Å². The molecule has 0 aliphatic carbocycles. The standard InChI is InChI=1S/C15H18NO3P/c1-2-19-20(17,18)14-10-8-13(9-11-14)15(16)12-6-4-3-5-7-12/h3-11,15H,2,16H2,1H3,(H,17,18). The van der Waals surface area contributed by atoms with E-state index >= 15 is 0 Å². The maximum absolute atomic E-state index is 11.9. The smallest absolute Gasteiger partial charge is 0.321 e. The van der Waals surface area contributed by atoms with Crippen molar-refractivity contribution in [3.8, 4) is 0 Å². The fourth-order valence-corrected chi connectivity index (χ4v) is 3.00. The van der Waals surface area contributed by atoms with Gasteiger partial charge in [0.15, 0.2) is 0 Å². The third-order valence-corrected chi connectivity index (χ3v) is 4.60. The molecule has 2 aromatic rings. The van der Waals surface area contributed by atoms with E-state index in [2.05, 4.69) is 0 Å². The Morgan fingerprint density at radius 2 is 1.65 bits per heavy atom. The lowest BCUT2D eigenvalue weighted by Gasteiger charge is -2.15. The molecule has 2 unspecified atom stereocenters. The summed E-state index contributed by atoms with van der Waals surface area (Å²) < 4.78 is 16.7. The molecule has 0 fully saturated rings. The fraction of sp³-hybridized carbons (Fsp3) is 0.200. The van der Waals surface area contributed by atoms with Crippen LogP contribution in [0.2, 0.25) is 0 Å². The summed E-state index contributed by atoms with van der Waals surface area (Å²) in [5.74, 6) is 0. The molecule has 106 valence electrons. The second-order valence-electron chi connectivity index (χ2n) is 4.42. The summed E-state index contributed by atoms with van der Waals surface area (Å²) in [5.41, 5.74) is 8.05. The van der Waals surface area contributed by atoms with Crippen LogP contribution in [0.15, 0.2) is 54.6 Å². The van der Waals surface area contributed by atoms with Gasteiger partial charge in [-0.3, -0.25) is 4.57 Å². The van der Waals surface area contributed by atoms with Gasteiger partial charge in [0, 0.05) is 0 Å². The Morgan fingerprint density at radius 3 is 2.20 bits per heavy atom. The number of hydrogen-bond donors (Lipinski definition) is 2. The van der Waals surface area contributed by atoms with Crippen LogP contribution in [0.25, 0.3) is 0 Å². The predicted octanol–water partition coefficient (Wildman–Crippen LogP) is 2.58. The molecule has 0 bridgehead atoms. The third-order valence-electron chi connectivity index (χ3n) is 3.04. The molecule has 2 aromatic carbocycles. The van der Waals surface area contributed by atoms with Crippen LogP contribution in [0.5, 0.6) is 0 Å². The van der Waals surface area contributed by atoms with Crippen LogP contribution in [0.3, 0.4) is 0 Å². The van der Waals surface area contributed by atoms with Gasteiger partial charge in [0.2, 0.25) is 0 Å². The van der Waals surface area contributed by atoms with Gasteiger partial charge in [-0.25, -0.2) is 0 Å². The Balaban J connectivity index is 2.23. The van der Waals surface area contributed by atoms with Crippen molar-refractivity contribution in [2.24, 2.45) is 5.73 Å². The molecule has 3 N–H and O–H groups in total. The Kier molecular flexibility index (Phi) is 4.73. The van der Waals surface area contributed by atoms with Gasteiger partial charge < -0.3 is 15.2 Å². The first-order valence-electron chi connectivity index (χ1n) is 6.43. The normalized spacial score (nSPS) is 15.6. The van der Waals surface area contributed by atoms with Crippen LogP contribution in [-0.2, 0) is 9.09 Å². The van der Waals surface area contributed by atoms with Gasteiger partial charge in [-0.15, -0.1) is 0 Å². The Hall–Kier alpha value is -1.45. The first-order chi connectivity index (χ1) is 9.54. The van der Waals surface area contributed by atoms with Crippen molar-refractivity contribution in [2.75, 3.05) is 6.61 Å². The lowest BCUT2D eigenvalue weighted by molar-refractivity contribution is 0.284. The van der Waals surface area contributed by atoms with E-state index in [4.69, 9.17) is 10.3 Å². The second kappa shape index (κ2) is 6.33. The molecule has 2 atom stereocenters. The zero-order chi connectivity index (χ0) is 14.6. The second-order valence-corrected chi connectivity index (χ2v) is 6.23. The van der Waals surface area contributed by atoms with Crippen LogP contribution < -0.4 is 11.0 Å². The fourth-order valence-electron chi connectivity index (χ4n) is 1.97. The maximum atomic E-state index is 11.9. The lowest BCUT2D eigenvalue weighted by Crippen LogP contribution is -2.13. The van der Waals surface area contributed by atoms with Crippen LogP contribution in [0, 0.1) is 0 Å². The molecule has 0 radical (unpaired) electrons. The Labute approximate surface area is 118 Å². The van der Waals surface area contributed by atoms with Crippen molar-refractivity contribution in [1.82, 2.24) is 0 Å². The summed E-state index contributed by atoms with van der Waals surface area (Å²) in [5, 5.41) is 0.281. The van der Waals surface area contributed by atoms with Crippen molar-refractivity contribution in [3.05, 3.63) is 65.7 Å². The van der Waals surface area contributed by atoms with Gasteiger partial charge in [0.1, 0.15) is 0 Å². The minimum Gasteiger partial charge on any atom is -0.321 e. The average molecular weight is 291 g/mol. The predicted molar refractivity (Wildman–Crippen MR) is 80.0 cm³/mol. The van der Waals surface area contributed by atoms with Crippen molar-refractivity contribution in [2.45, 2.75) is 13.0 Å². The molecule has 0 aliphatic heterocycles. The molecule has 20 heavy (non-hydrogen) atoms. The van der Waals surface area contributed by atoms with E-state index in [-0.39, 0.29) is 18.0 Å². The first-order valence-corrected chi connectivity index (χ1v) is 8.00. The van der Waals surface area contributed by atoms with Gasteiger partial charge in [0.05, 0.1) is 18.0 Å². The van der Waals surface area contributed by atoms with Crippen LogP contribution in [0.1, 0.15) is 24.1 Å². The summed E-state index contributed by atoms with van der Waals surface area (Å²) in [6.07, 6.45) is 0. The molecule has 0 aromatic heterocycles. The highest BCUT2D eigenvalue weighted by atomic mass is 31.2. The van der Waals surface area contributed by atoms with Gasteiger partial charge in [-0.1, -0.05) is 42.5 Å². The zero-order valence-corrected chi connectivity index (χ0v) is 12.2. The topological polar surface area (TPSA) is 72.5 Å². The van der Waals surface area contributed by atoms with E-state index in [1.807, 2.05) is 30.3 Å². The minimum atomic E-state index is -3.71. The molecule has 2 rings (SSSR count). The third kappa shape index (κ3) is 3.35. The number of rotatable bonds is 5. The minimum absolute atomic E-state index is 0.194. The van der Waals surface area contributed by atoms with Crippen LogP contribution in [0.4, 0.5) is 0 Å². The number of nitrogens with two attached hydrogens (primary N) is 1. The van der Waals surface area contributed by atoms with E-state index in [1.165, 1.54) is 0 Å². The average Bonchev–Trinajstić information content (AvgIpc) is 2.47. The van der Waals surface area contributed by atoms with Crippen molar-refractivity contribution < 1.29 is 14.0 Å². The van der Waals surface area contributed by atoms with Gasteiger partial charge in [-0.05, 0) is 30.2 Å².